The number of hydrogen-bond donors (Lipinski definition) is 0. The van der Waals surface area contributed by atoms with Crippen molar-refractivity contribution in [3.05, 3.63) is 33.8 Å². The van der Waals surface area contributed by atoms with Gasteiger partial charge in [-0.1, -0.05) is 48.9 Å². The van der Waals surface area contributed by atoms with E-state index in [1.54, 1.807) is 12.1 Å². The van der Waals surface area contributed by atoms with Crippen LogP contribution in [0.4, 0.5) is 0 Å². The fraction of sp³-hybridized carbons (Fsp3) is 0.417. The lowest BCUT2D eigenvalue weighted by atomic mass is 10.0. The molecule has 1 aromatic carbocycles. The average Bonchev–Trinajstić information content (AvgIpc) is 2.13. The van der Waals surface area contributed by atoms with Crippen molar-refractivity contribution < 1.29 is 0 Å². The van der Waals surface area contributed by atoms with Crippen molar-refractivity contribution in [3.8, 4) is 6.07 Å². The Labute approximate surface area is 108 Å². The highest BCUT2D eigenvalue weighted by Crippen LogP contribution is 2.32. The first-order chi connectivity index (χ1) is 7.33. The molecule has 1 rings (SSSR count). The van der Waals surface area contributed by atoms with Crippen molar-refractivity contribution >= 4 is 31.3 Å². The van der Waals surface area contributed by atoms with E-state index in [0.29, 0.717) is 10.0 Å². The van der Waals surface area contributed by atoms with E-state index in [2.05, 4.69) is 25.7 Å². The highest BCUT2D eigenvalue weighted by molar-refractivity contribution is 6.76. The summed E-state index contributed by atoms with van der Waals surface area (Å²) in [5.41, 5.74) is 0.899. The van der Waals surface area contributed by atoms with Crippen LogP contribution in [0.25, 0.3) is 0 Å². The molecule has 0 bridgehead atoms. The Morgan fingerprint density at radius 3 is 2.38 bits per heavy atom. The van der Waals surface area contributed by atoms with Gasteiger partial charge in [0.25, 0.3) is 0 Å². The van der Waals surface area contributed by atoms with E-state index >= 15 is 0 Å². The number of nitrogens with zero attached hydrogens (tertiary/aromatic N) is 1. The topological polar surface area (TPSA) is 23.8 Å². The largest absolute Gasteiger partial charge is 0.198 e. The van der Waals surface area contributed by atoms with Gasteiger partial charge in [-0.15, -0.1) is 0 Å². The standard InChI is InChI=1S/C12H15Cl2NSi/c1-16(2,3)8-9(7-15)11-5-4-10(13)6-12(11)14/h4-6,9H,8H2,1-3H3. The first kappa shape index (κ1) is 13.6. The van der Waals surface area contributed by atoms with E-state index in [4.69, 9.17) is 23.2 Å². The van der Waals surface area contributed by atoms with Crippen LogP contribution < -0.4 is 0 Å². The van der Waals surface area contributed by atoms with Crippen LogP contribution in [-0.4, -0.2) is 8.07 Å². The third-order valence-corrected chi connectivity index (χ3v) is 4.51. The molecule has 0 saturated carbocycles. The summed E-state index contributed by atoms with van der Waals surface area (Å²) in [6, 6.07) is 8.61. The third-order valence-electron chi connectivity index (χ3n) is 2.31. The smallest absolute Gasteiger partial charge is 0.0703 e. The fourth-order valence-electron chi connectivity index (χ4n) is 1.62. The minimum Gasteiger partial charge on any atom is -0.198 e. The summed E-state index contributed by atoms with van der Waals surface area (Å²) < 4.78 is 0. The zero-order valence-corrected chi connectivity index (χ0v) is 12.2. The van der Waals surface area contributed by atoms with E-state index < -0.39 is 8.07 Å². The second kappa shape index (κ2) is 5.22. The molecule has 0 fully saturated rings. The van der Waals surface area contributed by atoms with Gasteiger partial charge in [-0.25, -0.2) is 0 Å². The van der Waals surface area contributed by atoms with Crippen LogP contribution in [0.15, 0.2) is 18.2 Å². The molecular weight excluding hydrogens is 257 g/mol. The lowest BCUT2D eigenvalue weighted by Gasteiger charge is -2.20. The molecule has 4 heteroatoms. The van der Waals surface area contributed by atoms with Gasteiger partial charge in [0, 0.05) is 18.1 Å². The summed E-state index contributed by atoms with van der Waals surface area (Å²) in [4.78, 5) is 0. The van der Waals surface area contributed by atoms with E-state index in [1.165, 1.54) is 0 Å². The molecule has 0 spiro atoms. The SMILES string of the molecule is C[Si](C)(C)CC(C#N)c1ccc(Cl)cc1Cl. The van der Waals surface area contributed by atoms with E-state index in [-0.39, 0.29) is 5.92 Å². The van der Waals surface area contributed by atoms with Gasteiger partial charge in [0.2, 0.25) is 0 Å². The van der Waals surface area contributed by atoms with Gasteiger partial charge in [-0.05, 0) is 23.7 Å². The van der Waals surface area contributed by atoms with Gasteiger partial charge >= 0.3 is 0 Å². The molecule has 0 aliphatic heterocycles. The van der Waals surface area contributed by atoms with Crippen LogP contribution in [0.3, 0.4) is 0 Å². The van der Waals surface area contributed by atoms with E-state index in [1.807, 2.05) is 6.07 Å². The molecule has 0 radical (unpaired) electrons. The normalized spacial score (nSPS) is 13.2. The maximum absolute atomic E-state index is 9.22. The first-order valence-corrected chi connectivity index (χ1v) is 9.64. The Morgan fingerprint density at radius 2 is 1.94 bits per heavy atom. The van der Waals surface area contributed by atoms with Gasteiger partial charge in [0.05, 0.1) is 12.0 Å². The van der Waals surface area contributed by atoms with Crippen LogP contribution >= 0.6 is 23.2 Å². The molecule has 1 atom stereocenters. The van der Waals surface area contributed by atoms with Crippen molar-refractivity contribution in [3.63, 3.8) is 0 Å². The lowest BCUT2D eigenvalue weighted by Crippen LogP contribution is -2.22. The van der Waals surface area contributed by atoms with Crippen LogP contribution in [0.5, 0.6) is 0 Å². The quantitative estimate of drug-likeness (QED) is 0.715. The molecule has 0 aromatic heterocycles. The Balaban J connectivity index is 3.01. The second-order valence-corrected chi connectivity index (χ2v) is 11.5. The van der Waals surface area contributed by atoms with Crippen molar-refractivity contribution in [2.75, 3.05) is 0 Å². The molecule has 0 aliphatic rings. The third kappa shape index (κ3) is 3.82. The van der Waals surface area contributed by atoms with Crippen molar-refractivity contribution in [2.45, 2.75) is 31.6 Å². The Bertz CT molecular complexity index is 418. The molecule has 1 unspecified atom stereocenters. The summed E-state index contributed by atoms with van der Waals surface area (Å²) in [6.07, 6.45) is 0. The summed E-state index contributed by atoms with van der Waals surface area (Å²) >= 11 is 12.0. The van der Waals surface area contributed by atoms with E-state index in [9.17, 15) is 5.26 Å². The van der Waals surface area contributed by atoms with Gasteiger partial charge in [-0.2, -0.15) is 5.26 Å². The molecule has 0 amide bonds. The van der Waals surface area contributed by atoms with Crippen LogP contribution in [0, 0.1) is 11.3 Å². The summed E-state index contributed by atoms with van der Waals surface area (Å²) in [6.45, 7) is 6.75. The molecule has 1 nitrogen and oxygen atoms in total. The maximum Gasteiger partial charge on any atom is 0.0703 e. The van der Waals surface area contributed by atoms with Crippen LogP contribution in [0.1, 0.15) is 11.5 Å². The molecule has 0 saturated heterocycles. The van der Waals surface area contributed by atoms with Crippen molar-refractivity contribution in [1.82, 2.24) is 0 Å². The van der Waals surface area contributed by atoms with Gasteiger partial charge < -0.3 is 0 Å². The Kier molecular flexibility index (Phi) is 4.43. The van der Waals surface area contributed by atoms with Crippen molar-refractivity contribution in [2.24, 2.45) is 0 Å². The van der Waals surface area contributed by atoms with Crippen LogP contribution in [-0.2, 0) is 0 Å². The van der Waals surface area contributed by atoms with Gasteiger partial charge in [-0.3, -0.25) is 0 Å². The van der Waals surface area contributed by atoms with Gasteiger partial charge in [0.1, 0.15) is 0 Å². The molecule has 1 aromatic rings. The second-order valence-electron chi connectivity index (χ2n) is 5.11. The molecular formula is C12H15Cl2NSi. The molecule has 0 N–H and O–H groups in total. The summed E-state index contributed by atoms with van der Waals surface area (Å²) in [7, 11) is -1.27. The fourth-order valence-corrected chi connectivity index (χ4v) is 3.70. The highest BCUT2D eigenvalue weighted by atomic mass is 35.5. The predicted molar refractivity (Wildman–Crippen MR) is 73.0 cm³/mol. The minimum atomic E-state index is -1.27. The number of rotatable bonds is 3. The Morgan fingerprint density at radius 1 is 1.31 bits per heavy atom. The predicted octanol–water partition coefficient (Wildman–Crippen LogP) is 4.94. The lowest BCUT2D eigenvalue weighted by molar-refractivity contribution is 0.953. The zero-order valence-electron chi connectivity index (χ0n) is 9.72. The first-order valence-electron chi connectivity index (χ1n) is 5.18. The molecule has 0 aliphatic carbocycles. The van der Waals surface area contributed by atoms with Gasteiger partial charge in [0.15, 0.2) is 0 Å². The monoisotopic (exact) mass is 271 g/mol. The summed E-state index contributed by atoms with van der Waals surface area (Å²) in [5.74, 6) is -0.114. The number of benzene rings is 1. The van der Waals surface area contributed by atoms with Crippen molar-refractivity contribution in [1.29, 1.82) is 5.26 Å². The molecule has 0 heterocycles. The number of nitriles is 1. The minimum absolute atomic E-state index is 0.114. The average molecular weight is 272 g/mol. The highest BCUT2D eigenvalue weighted by Gasteiger charge is 2.23. The zero-order chi connectivity index (χ0) is 12.3. The Hall–Kier alpha value is -0.493. The van der Waals surface area contributed by atoms with E-state index in [0.717, 1.165) is 11.6 Å². The maximum atomic E-state index is 9.22. The molecule has 16 heavy (non-hydrogen) atoms. The molecule has 86 valence electrons. The summed E-state index contributed by atoms with van der Waals surface area (Å²) in [5, 5.41) is 10.4. The number of halogens is 2. The number of hydrogen-bond acceptors (Lipinski definition) is 1. The van der Waals surface area contributed by atoms with Crippen LogP contribution in [0.2, 0.25) is 35.7 Å².